The monoisotopic (exact) mass is 270 g/mol. The maximum Gasteiger partial charge on any atom is 0.227 e. The lowest BCUT2D eigenvalue weighted by molar-refractivity contribution is -0.123. The minimum Gasteiger partial charge on any atom is -0.354 e. The number of amides is 1. The number of nitrogens with one attached hydrogen (secondary N) is 1. The first kappa shape index (κ1) is 16.9. The summed E-state index contributed by atoms with van der Waals surface area (Å²) in [6.45, 7) is 5.24. The van der Waals surface area contributed by atoms with E-state index in [4.69, 9.17) is 5.73 Å². The Kier molecular flexibility index (Phi) is 8.42. The molecule has 0 saturated heterocycles. The second-order valence-corrected chi connectivity index (χ2v) is 4.35. The van der Waals surface area contributed by atoms with Gasteiger partial charge < -0.3 is 11.1 Å². The first-order chi connectivity index (χ1) is 8.20. The summed E-state index contributed by atoms with van der Waals surface area (Å²) in [6.07, 6.45) is 0.982. The highest BCUT2D eigenvalue weighted by molar-refractivity contribution is 5.85. The van der Waals surface area contributed by atoms with Gasteiger partial charge in [-0.2, -0.15) is 0 Å². The molecule has 0 aromatic heterocycles. The molecule has 3 nitrogen and oxygen atoms in total. The van der Waals surface area contributed by atoms with Crippen molar-refractivity contribution in [1.82, 2.24) is 5.32 Å². The van der Waals surface area contributed by atoms with E-state index in [9.17, 15) is 4.79 Å². The second kappa shape index (κ2) is 8.95. The summed E-state index contributed by atoms with van der Waals surface area (Å²) in [5, 5.41) is 2.88. The van der Waals surface area contributed by atoms with Crippen LogP contribution >= 0.6 is 12.4 Å². The number of carbonyl (C=O) groups is 1. The van der Waals surface area contributed by atoms with Crippen molar-refractivity contribution in [3.63, 3.8) is 0 Å². The van der Waals surface area contributed by atoms with E-state index in [0.717, 1.165) is 12.0 Å². The Hall–Kier alpha value is -1.06. The lowest BCUT2D eigenvalue weighted by Crippen LogP contribution is -2.35. The molecule has 0 aliphatic carbocycles. The number of hydrogen-bond acceptors (Lipinski definition) is 2. The van der Waals surface area contributed by atoms with E-state index in [1.165, 1.54) is 0 Å². The predicted octanol–water partition coefficient (Wildman–Crippen LogP) is 2.31. The van der Waals surface area contributed by atoms with E-state index in [1.54, 1.807) is 0 Å². The molecule has 0 radical (unpaired) electrons. The molecule has 1 aromatic carbocycles. The largest absolute Gasteiger partial charge is 0.354 e. The van der Waals surface area contributed by atoms with Crippen LogP contribution in [-0.4, -0.2) is 19.0 Å². The molecule has 2 unspecified atom stereocenters. The van der Waals surface area contributed by atoms with Crippen LogP contribution in [0.4, 0.5) is 0 Å². The third-order valence-corrected chi connectivity index (χ3v) is 3.10. The summed E-state index contributed by atoms with van der Waals surface area (Å²) in [4.78, 5) is 12.1. The van der Waals surface area contributed by atoms with Crippen molar-refractivity contribution in [3.05, 3.63) is 35.9 Å². The highest BCUT2D eigenvalue weighted by Gasteiger charge is 2.25. The smallest absolute Gasteiger partial charge is 0.227 e. The number of rotatable bonds is 6. The molecular formula is C14H23ClN2O. The number of halogens is 1. The summed E-state index contributed by atoms with van der Waals surface area (Å²) < 4.78 is 0. The molecule has 0 saturated carbocycles. The van der Waals surface area contributed by atoms with Crippen molar-refractivity contribution in [1.29, 1.82) is 0 Å². The third-order valence-electron chi connectivity index (χ3n) is 3.10. The van der Waals surface area contributed by atoms with Gasteiger partial charge in [0, 0.05) is 13.1 Å². The SMILES string of the molecule is CCC(C)C(C(=O)NCCN)c1ccccc1.Cl. The van der Waals surface area contributed by atoms with Crippen molar-refractivity contribution in [2.45, 2.75) is 26.2 Å². The fraction of sp³-hybridized carbons (Fsp3) is 0.500. The lowest BCUT2D eigenvalue weighted by atomic mass is 9.85. The average Bonchev–Trinajstić information content (AvgIpc) is 2.37. The standard InChI is InChI=1S/C14H22N2O.ClH/c1-3-11(2)13(14(17)16-10-9-15)12-7-5-4-6-8-12;/h4-8,11,13H,3,9-10,15H2,1-2H3,(H,16,17);1H. The van der Waals surface area contributed by atoms with Gasteiger partial charge >= 0.3 is 0 Å². The molecule has 1 rings (SSSR count). The van der Waals surface area contributed by atoms with Crippen LogP contribution in [0.3, 0.4) is 0 Å². The lowest BCUT2D eigenvalue weighted by Gasteiger charge is -2.22. The molecule has 0 bridgehead atoms. The topological polar surface area (TPSA) is 55.1 Å². The minimum atomic E-state index is -0.0762. The van der Waals surface area contributed by atoms with Crippen LogP contribution in [0.1, 0.15) is 31.7 Å². The zero-order chi connectivity index (χ0) is 12.7. The van der Waals surface area contributed by atoms with Gasteiger partial charge in [-0.05, 0) is 11.5 Å². The van der Waals surface area contributed by atoms with Crippen LogP contribution in [-0.2, 0) is 4.79 Å². The molecule has 102 valence electrons. The van der Waals surface area contributed by atoms with Crippen LogP contribution in [0.15, 0.2) is 30.3 Å². The Morgan fingerprint density at radius 3 is 2.44 bits per heavy atom. The Morgan fingerprint density at radius 1 is 1.33 bits per heavy atom. The van der Waals surface area contributed by atoms with E-state index in [-0.39, 0.29) is 24.2 Å². The van der Waals surface area contributed by atoms with Gasteiger partial charge in [0.25, 0.3) is 0 Å². The van der Waals surface area contributed by atoms with Gasteiger partial charge in [-0.25, -0.2) is 0 Å². The van der Waals surface area contributed by atoms with Gasteiger partial charge in [0.05, 0.1) is 5.92 Å². The van der Waals surface area contributed by atoms with Gasteiger partial charge in [-0.1, -0.05) is 50.6 Å². The molecule has 2 atom stereocenters. The number of carbonyl (C=O) groups excluding carboxylic acids is 1. The molecule has 0 fully saturated rings. The van der Waals surface area contributed by atoms with Crippen LogP contribution in [0.5, 0.6) is 0 Å². The number of nitrogens with two attached hydrogens (primary N) is 1. The zero-order valence-corrected chi connectivity index (χ0v) is 11.9. The summed E-state index contributed by atoms with van der Waals surface area (Å²) in [7, 11) is 0. The molecular weight excluding hydrogens is 248 g/mol. The first-order valence-electron chi connectivity index (χ1n) is 6.23. The molecule has 1 amide bonds. The van der Waals surface area contributed by atoms with Gasteiger partial charge in [-0.15, -0.1) is 12.4 Å². The molecule has 1 aromatic rings. The van der Waals surface area contributed by atoms with E-state index in [0.29, 0.717) is 19.0 Å². The van der Waals surface area contributed by atoms with Crippen LogP contribution in [0.25, 0.3) is 0 Å². The Morgan fingerprint density at radius 2 is 1.94 bits per heavy atom. The normalized spacial score (nSPS) is 13.3. The van der Waals surface area contributed by atoms with E-state index in [1.807, 2.05) is 30.3 Å². The molecule has 0 aliphatic rings. The Labute approximate surface area is 116 Å². The predicted molar refractivity (Wildman–Crippen MR) is 78.0 cm³/mol. The van der Waals surface area contributed by atoms with E-state index >= 15 is 0 Å². The second-order valence-electron chi connectivity index (χ2n) is 4.35. The van der Waals surface area contributed by atoms with Crippen LogP contribution in [0.2, 0.25) is 0 Å². The molecule has 0 aliphatic heterocycles. The highest BCUT2D eigenvalue weighted by atomic mass is 35.5. The molecule has 0 heterocycles. The molecule has 18 heavy (non-hydrogen) atoms. The Balaban J connectivity index is 0.00000289. The third kappa shape index (κ3) is 4.67. The van der Waals surface area contributed by atoms with Crippen molar-refractivity contribution in [2.24, 2.45) is 11.7 Å². The van der Waals surface area contributed by atoms with E-state index in [2.05, 4.69) is 19.2 Å². The van der Waals surface area contributed by atoms with Gasteiger partial charge in [0.2, 0.25) is 5.91 Å². The van der Waals surface area contributed by atoms with Gasteiger partial charge in [0.1, 0.15) is 0 Å². The molecule has 0 spiro atoms. The average molecular weight is 271 g/mol. The van der Waals surface area contributed by atoms with Crippen molar-refractivity contribution in [2.75, 3.05) is 13.1 Å². The first-order valence-corrected chi connectivity index (χ1v) is 6.23. The van der Waals surface area contributed by atoms with Crippen molar-refractivity contribution >= 4 is 18.3 Å². The maximum atomic E-state index is 12.1. The highest BCUT2D eigenvalue weighted by Crippen LogP contribution is 2.26. The minimum absolute atomic E-state index is 0. The van der Waals surface area contributed by atoms with Crippen molar-refractivity contribution < 1.29 is 4.79 Å². The van der Waals surface area contributed by atoms with Gasteiger partial charge in [-0.3, -0.25) is 4.79 Å². The summed E-state index contributed by atoms with van der Waals surface area (Å²) in [5.74, 6) is 0.332. The molecule has 3 N–H and O–H groups in total. The van der Waals surface area contributed by atoms with E-state index < -0.39 is 0 Å². The Bertz CT molecular complexity index is 343. The fourth-order valence-corrected chi connectivity index (χ4v) is 1.94. The summed E-state index contributed by atoms with van der Waals surface area (Å²) in [6, 6.07) is 9.94. The maximum absolute atomic E-state index is 12.1. The van der Waals surface area contributed by atoms with Gasteiger partial charge in [0.15, 0.2) is 0 Å². The number of hydrogen-bond donors (Lipinski definition) is 2. The van der Waals surface area contributed by atoms with Crippen molar-refractivity contribution in [3.8, 4) is 0 Å². The summed E-state index contributed by atoms with van der Waals surface area (Å²) >= 11 is 0. The fourth-order valence-electron chi connectivity index (χ4n) is 1.94. The molecule has 4 heteroatoms. The van der Waals surface area contributed by atoms with Crippen LogP contribution < -0.4 is 11.1 Å². The zero-order valence-electron chi connectivity index (χ0n) is 11.1. The number of benzene rings is 1. The quantitative estimate of drug-likeness (QED) is 0.834. The summed E-state index contributed by atoms with van der Waals surface area (Å²) in [5.41, 5.74) is 6.49. The van der Waals surface area contributed by atoms with Crippen LogP contribution in [0, 0.1) is 5.92 Å².